The number of carbonyl (C=O) groups is 1. The van der Waals surface area contributed by atoms with E-state index in [4.69, 9.17) is 27.6 Å². The van der Waals surface area contributed by atoms with Gasteiger partial charge >= 0.3 is 0 Å². The number of nitrogens with zero attached hydrogens (tertiary/aromatic N) is 1. The van der Waals surface area contributed by atoms with E-state index in [1.807, 2.05) is 18.2 Å². The van der Waals surface area contributed by atoms with Crippen LogP contribution in [0.25, 0.3) is 22.6 Å². The van der Waals surface area contributed by atoms with Crippen LogP contribution in [0.15, 0.2) is 40.8 Å². The maximum Gasteiger partial charge on any atom is 0.228 e. The average Bonchev–Trinajstić information content (AvgIpc) is 3.09. The molecule has 6 heteroatoms. The Morgan fingerprint density at radius 3 is 2.42 bits per heavy atom. The topological polar surface area (TPSA) is 55.1 Å². The lowest BCUT2D eigenvalue weighted by molar-refractivity contribution is -0.124. The van der Waals surface area contributed by atoms with Crippen molar-refractivity contribution in [2.24, 2.45) is 23.2 Å². The molecule has 31 heavy (non-hydrogen) atoms. The SMILES string of the molecule is O=C(CC12CC3CC(CC(C3)C1)C2)Nc1ccc2oc(-c3ccc(Cl)cc3Cl)nc2c1. The molecule has 1 amide bonds. The molecule has 4 bridgehead atoms. The lowest BCUT2D eigenvalue weighted by Gasteiger charge is -2.56. The molecule has 0 atom stereocenters. The first-order valence-corrected chi connectivity index (χ1v) is 11.9. The van der Waals surface area contributed by atoms with E-state index in [0.29, 0.717) is 39.0 Å². The van der Waals surface area contributed by atoms with Gasteiger partial charge in [-0.05, 0) is 98.1 Å². The van der Waals surface area contributed by atoms with E-state index in [2.05, 4.69) is 10.3 Å². The third-order valence-electron chi connectivity index (χ3n) is 7.53. The smallest absolute Gasteiger partial charge is 0.228 e. The Morgan fingerprint density at radius 2 is 1.74 bits per heavy atom. The van der Waals surface area contributed by atoms with E-state index in [1.165, 1.54) is 38.5 Å². The van der Waals surface area contributed by atoms with Gasteiger partial charge in [0.15, 0.2) is 5.58 Å². The van der Waals surface area contributed by atoms with Gasteiger partial charge in [-0.15, -0.1) is 0 Å². The summed E-state index contributed by atoms with van der Waals surface area (Å²) in [5.74, 6) is 3.11. The van der Waals surface area contributed by atoms with Crippen molar-refractivity contribution in [2.45, 2.75) is 44.9 Å². The predicted molar refractivity (Wildman–Crippen MR) is 123 cm³/mol. The highest BCUT2D eigenvalue weighted by Gasteiger charge is 2.51. The first-order chi connectivity index (χ1) is 14.9. The van der Waals surface area contributed by atoms with Gasteiger partial charge < -0.3 is 9.73 Å². The molecule has 4 fully saturated rings. The number of rotatable bonds is 4. The number of benzene rings is 2. The maximum absolute atomic E-state index is 13.0. The van der Waals surface area contributed by atoms with Crippen LogP contribution >= 0.6 is 23.2 Å². The normalized spacial score (nSPS) is 28.9. The molecule has 160 valence electrons. The van der Waals surface area contributed by atoms with Gasteiger partial charge in [0.25, 0.3) is 0 Å². The molecule has 7 rings (SSSR count). The largest absolute Gasteiger partial charge is 0.436 e. The van der Waals surface area contributed by atoms with Gasteiger partial charge in [-0.25, -0.2) is 4.98 Å². The summed E-state index contributed by atoms with van der Waals surface area (Å²) in [6, 6.07) is 10.8. The van der Waals surface area contributed by atoms with Crippen LogP contribution in [0.3, 0.4) is 0 Å². The molecule has 4 nitrogen and oxygen atoms in total. The third-order valence-corrected chi connectivity index (χ3v) is 8.08. The van der Waals surface area contributed by atoms with E-state index in [1.54, 1.807) is 18.2 Å². The molecule has 0 radical (unpaired) electrons. The zero-order valence-electron chi connectivity index (χ0n) is 17.2. The molecule has 2 aromatic carbocycles. The van der Waals surface area contributed by atoms with E-state index in [-0.39, 0.29) is 11.3 Å². The number of hydrogen-bond donors (Lipinski definition) is 1. The Hall–Kier alpha value is -2.04. The fourth-order valence-corrected chi connectivity index (χ4v) is 7.32. The molecular weight excluding hydrogens is 431 g/mol. The monoisotopic (exact) mass is 454 g/mol. The number of anilines is 1. The lowest BCUT2D eigenvalue weighted by atomic mass is 9.49. The molecule has 3 aromatic rings. The Labute approximate surface area is 191 Å². The number of aromatic nitrogens is 1. The summed E-state index contributed by atoms with van der Waals surface area (Å²) >= 11 is 12.3. The summed E-state index contributed by atoms with van der Waals surface area (Å²) in [4.78, 5) is 17.5. The number of nitrogens with one attached hydrogen (secondary N) is 1. The average molecular weight is 455 g/mol. The minimum absolute atomic E-state index is 0.116. The highest BCUT2D eigenvalue weighted by Crippen LogP contribution is 2.61. The van der Waals surface area contributed by atoms with Gasteiger partial charge in [-0.1, -0.05) is 23.2 Å². The minimum atomic E-state index is 0.116. The van der Waals surface area contributed by atoms with Gasteiger partial charge in [0.05, 0.1) is 10.6 Å². The van der Waals surface area contributed by atoms with Crippen molar-refractivity contribution in [1.29, 1.82) is 0 Å². The van der Waals surface area contributed by atoms with Crippen molar-refractivity contribution in [3.05, 3.63) is 46.4 Å². The molecule has 0 spiro atoms. The van der Waals surface area contributed by atoms with Crippen molar-refractivity contribution in [3.63, 3.8) is 0 Å². The second-order valence-corrected chi connectivity index (χ2v) is 10.8. The van der Waals surface area contributed by atoms with Crippen molar-refractivity contribution >= 4 is 45.9 Å². The quantitative estimate of drug-likeness (QED) is 0.448. The summed E-state index contributed by atoms with van der Waals surface area (Å²) in [6.07, 6.45) is 8.52. The molecule has 4 saturated carbocycles. The van der Waals surface area contributed by atoms with Gasteiger partial charge in [-0.2, -0.15) is 0 Å². The molecule has 4 aliphatic carbocycles. The van der Waals surface area contributed by atoms with Crippen LogP contribution in [0.1, 0.15) is 44.9 Å². The van der Waals surface area contributed by atoms with E-state index in [9.17, 15) is 4.79 Å². The zero-order chi connectivity index (χ0) is 21.2. The van der Waals surface area contributed by atoms with Gasteiger partial charge in [-0.3, -0.25) is 4.79 Å². The number of amides is 1. The maximum atomic E-state index is 13.0. The van der Waals surface area contributed by atoms with E-state index in [0.717, 1.165) is 23.4 Å². The van der Waals surface area contributed by atoms with E-state index < -0.39 is 0 Å². The third kappa shape index (κ3) is 3.64. The molecule has 1 N–H and O–H groups in total. The second kappa shape index (κ2) is 7.25. The molecular formula is C25H24Cl2N2O2. The summed E-state index contributed by atoms with van der Waals surface area (Å²) in [7, 11) is 0. The lowest BCUT2D eigenvalue weighted by Crippen LogP contribution is -2.47. The summed E-state index contributed by atoms with van der Waals surface area (Å²) in [6.45, 7) is 0. The molecule has 1 heterocycles. The van der Waals surface area contributed by atoms with Gasteiger partial charge in [0, 0.05) is 17.1 Å². The number of halogens is 2. The Morgan fingerprint density at radius 1 is 1.03 bits per heavy atom. The Bertz CT molecular complexity index is 1150. The Balaban J connectivity index is 1.20. The highest BCUT2D eigenvalue weighted by molar-refractivity contribution is 6.36. The molecule has 4 aliphatic rings. The second-order valence-electron chi connectivity index (χ2n) is 9.97. The summed E-state index contributed by atoms with van der Waals surface area (Å²) < 4.78 is 5.87. The summed E-state index contributed by atoms with van der Waals surface area (Å²) in [5.41, 5.74) is 3.02. The van der Waals surface area contributed by atoms with Crippen LogP contribution in [0.4, 0.5) is 5.69 Å². The predicted octanol–water partition coefficient (Wildman–Crippen LogP) is 7.35. The van der Waals surface area contributed by atoms with Crippen LogP contribution < -0.4 is 5.32 Å². The zero-order valence-corrected chi connectivity index (χ0v) is 18.7. The van der Waals surface area contributed by atoms with Crippen molar-refractivity contribution in [1.82, 2.24) is 4.98 Å². The first kappa shape index (κ1) is 19.6. The minimum Gasteiger partial charge on any atom is -0.436 e. The van der Waals surface area contributed by atoms with Crippen LogP contribution in [0.5, 0.6) is 0 Å². The van der Waals surface area contributed by atoms with Crippen molar-refractivity contribution in [2.75, 3.05) is 5.32 Å². The fraction of sp³-hybridized carbons (Fsp3) is 0.440. The van der Waals surface area contributed by atoms with Gasteiger partial charge in [0.1, 0.15) is 5.52 Å². The van der Waals surface area contributed by atoms with Crippen LogP contribution in [0.2, 0.25) is 10.0 Å². The number of oxazole rings is 1. The number of hydrogen-bond acceptors (Lipinski definition) is 3. The number of carbonyl (C=O) groups excluding carboxylic acids is 1. The van der Waals surface area contributed by atoms with Gasteiger partial charge in [0.2, 0.25) is 11.8 Å². The van der Waals surface area contributed by atoms with Crippen LogP contribution in [-0.2, 0) is 4.79 Å². The van der Waals surface area contributed by atoms with E-state index >= 15 is 0 Å². The van der Waals surface area contributed by atoms with Crippen molar-refractivity contribution in [3.8, 4) is 11.5 Å². The van der Waals surface area contributed by atoms with Crippen molar-refractivity contribution < 1.29 is 9.21 Å². The molecule has 1 aromatic heterocycles. The molecule has 0 saturated heterocycles. The highest BCUT2D eigenvalue weighted by atomic mass is 35.5. The van der Waals surface area contributed by atoms with Crippen LogP contribution in [-0.4, -0.2) is 10.9 Å². The first-order valence-electron chi connectivity index (χ1n) is 11.1. The van der Waals surface area contributed by atoms with Crippen LogP contribution in [0, 0.1) is 23.2 Å². The molecule has 0 unspecified atom stereocenters. The Kier molecular flexibility index (Phi) is 4.59. The number of fused-ring (bicyclic) bond motifs is 1. The standard InChI is InChI=1S/C25H24Cl2N2O2/c26-17-1-3-19(20(27)8-17)24-29-21-9-18(2-4-22(21)31-24)28-23(30)13-25-10-14-5-15(11-25)7-16(6-14)12-25/h1-4,8-9,14-16H,5-7,10-13H2,(H,28,30). The fourth-order valence-electron chi connectivity index (χ4n) is 6.84. The molecule has 0 aliphatic heterocycles. The summed E-state index contributed by atoms with van der Waals surface area (Å²) in [5, 5.41) is 4.17.